The van der Waals surface area contributed by atoms with Crippen LogP contribution in [0.3, 0.4) is 0 Å². The summed E-state index contributed by atoms with van der Waals surface area (Å²) in [4.78, 5) is 11.7. The first-order chi connectivity index (χ1) is 9.03. The topological polar surface area (TPSA) is 37.3 Å². The van der Waals surface area contributed by atoms with Gasteiger partial charge in [0.05, 0.1) is 5.41 Å². The van der Waals surface area contributed by atoms with Gasteiger partial charge in [-0.15, -0.1) is 0 Å². The maximum atomic E-state index is 13.8. The highest BCUT2D eigenvalue weighted by Gasteiger charge is 2.39. The number of rotatable bonds is 3. The molecule has 0 unspecified atom stereocenters. The predicted molar refractivity (Wildman–Crippen MR) is 75.6 cm³/mol. The van der Waals surface area contributed by atoms with Gasteiger partial charge in [-0.1, -0.05) is 41.6 Å². The third kappa shape index (κ3) is 3.35. The molecule has 1 N–H and O–H groups in total. The van der Waals surface area contributed by atoms with E-state index in [0.29, 0.717) is 18.4 Å². The maximum absolute atomic E-state index is 13.8. The molecule has 104 valence electrons. The molecular weight excluding hydrogens is 311 g/mol. The molecule has 0 radical (unpaired) electrons. The van der Waals surface area contributed by atoms with E-state index in [1.54, 1.807) is 12.1 Å². The lowest BCUT2D eigenvalue weighted by Gasteiger charge is -2.28. The number of hydrogen-bond donors (Lipinski definition) is 1. The van der Waals surface area contributed by atoms with Gasteiger partial charge in [-0.3, -0.25) is 4.79 Å². The Balaban J connectivity index is 2.29. The summed E-state index contributed by atoms with van der Waals surface area (Å²) in [5.41, 5.74) is -0.295. The molecule has 4 heteroatoms. The van der Waals surface area contributed by atoms with E-state index in [0.717, 1.165) is 30.2 Å². The Kier molecular flexibility index (Phi) is 4.61. The van der Waals surface area contributed by atoms with Gasteiger partial charge in [-0.2, -0.15) is 0 Å². The second kappa shape index (κ2) is 6.04. The zero-order valence-electron chi connectivity index (χ0n) is 10.8. The summed E-state index contributed by atoms with van der Waals surface area (Å²) < 4.78 is 14.6. The summed E-state index contributed by atoms with van der Waals surface area (Å²) in [7, 11) is 0. The highest BCUT2D eigenvalue weighted by molar-refractivity contribution is 9.10. The van der Waals surface area contributed by atoms with E-state index in [9.17, 15) is 14.3 Å². The van der Waals surface area contributed by atoms with Crippen molar-refractivity contribution in [3.05, 3.63) is 34.1 Å². The molecular formula is C15H18BrFO2. The van der Waals surface area contributed by atoms with Gasteiger partial charge in [-0.25, -0.2) is 4.39 Å². The van der Waals surface area contributed by atoms with Crippen LogP contribution in [-0.4, -0.2) is 11.1 Å². The fraction of sp³-hybridized carbons (Fsp3) is 0.533. The molecule has 0 atom stereocenters. The van der Waals surface area contributed by atoms with Crippen molar-refractivity contribution in [1.29, 1.82) is 0 Å². The molecule has 0 spiro atoms. The van der Waals surface area contributed by atoms with Gasteiger partial charge in [0, 0.05) is 4.47 Å². The first-order valence-electron chi connectivity index (χ1n) is 6.71. The van der Waals surface area contributed by atoms with Gasteiger partial charge in [0.15, 0.2) is 0 Å². The van der Waals surface area contributed by atoms with Crippen LogP contribution in [0.25, 0.3) is 0 Å². The van der Waals surface area contributed by atoms with Crippen molar-refractivity contribution < 1.29 is 14.3 Å². The average molecular weight is 329 g/mol. The zero-order valence-corrected chi connectivity index (χ0v) is 12.4. The summed E-state index contributed by atoms with van der Waals surface area (Å²) >= 11 is 3.32. The molecule has 0 aromatic heterocycles. The van der Waals surface area contributed by atoms with Crippen LogP contribution in [-0.2, 0) is 11.2 Å². The van der Waals surface area contributed by atoms with Gasteiger partial charge in [0.1, 0.15) is 5.82 Å². The van der Waals surface area contributed by atoms with Crippen LogP contribution in [0.1, 0.15) is 44.1 Å². The largest absolute Gasteiger partial charge is 0.481 e. The molecule has 1 aromatic rings. The minimum Gasteiger partial charge on any atom is -0.481 e. The van der Waals surface area contributed by atoms with Crippen LogP contribution in [0.15, 0.2) is 22.7 Å². The number of benzene rings is 1. The lowest BCUT2D eigenvalue weighted by atomic mass is 9.75. The van der Waals surface area contributed by atoms with Crippen molar-refractivity contribution >= 4 is 21.9 Å². The van der Waals surface area contributed by atoms with Gasteiger partial charge in [-0.05, 0) is 43.0 Å². The van der Waals surface area contributed by atoms with Crippen molar-refractivity contribution in [1.82, 2.24) is 0 Å². The lowest BCUT2D eigenvalue weighted by Crippen LogP contribution is -2.33. The highest BCUT2D eigenvalue weighted by Crippen LogP contribution is 2.39. The average Bonchev–Trinajstić information content (AvgIpc) is 2.60. The SMILES string of the molecule is O=C(O)C1(Cc2cc(Br)ccc2F)CCCCCC1. The number of halogens is 2. The first kappa shape index (κ1) is 14.5. The van der Waals surface area contributed by atoms with Crippen molar-refractivity contribution in [2.45, 2.75) is 44.9 Å². The number of carboxylic acids is 1. The summed E-state index contributed by atoms with van der Waals surface area (Å²) in [6.07, 6.45) is 5.58. The number of carboxylic acid groups (broad SMARTS) is 1. The molecule has 1 aromatic carbocycles. The third-order valence-electron chi connectivity index (χ3n) is 4.05. The third-order valence-corrected chi connectivity index (χ3v) is 4.54. The molecule has 2 nitrogen and oxygen atoms in total. The summed E-state index contributed by atoms with van der Waals surface area (Å²) in [6, 6.07) is 4.73. The zero-order chi connectivity index (χ0) is 13.9. The molecule has 1 aliphatic rings. The molecule has 19 heavy (non-hydrogen) atoms. The quantitative estimate of drug-likeness (QED) is 0.826. The lowest BCUT2D eigenvalue weighted by molar-refractivity contribution is -0.149. The molecule has 0 saturated heterocycles. The monoisotopic (exact) mass is 328 g/mol. The van der Waals surface area contributed by atoms with E-state index in [4.69, 9.17) is 0 Å². The number of aliphatic carboxylic acids is 1. The minimum absolute atomic E-state index is 0.285. The van der Waals surface area contributed by atoms with E-state index in [1.807, 2.05) is 0 Å². The minimum atomic E-state index is -0.794. The maximum Gasteiger partial charge on any atom is 0.309 e. The van der Waals surface area contributed by atoms with Gasteiger partial charge in [0.2, 0.25) is 0 Å². The van der Waals surface area contributed by atoms with Crippen LogP contribution in [0.4, 0.5) is 4.39 Å². The van der Waals surface area contributed by atoms with Crippen LogP contribution >= 0.6 is 15.9 Å². The molecule has 0 amide bonds. The molecule has 1 fully saturated rings. The molecule has 0 heterocycles. The number of carbonyl (C=O) groups is 1. The van der Waals surface area contributed by atoms with Gasteiger partial charge in [0.25, 0.3) is 0 Å². The number of hydrogen-bond acceptors (Lipinski definition) is 1. The first-order valence-corrected chi connectivity index (χ1v) is 7.50. The van der Waals surface area contributed by atoms with E-state index in [2.05, 4.69) is 15.9 Å². The molecule has 1 aliphatic carbocycles. The van der Waals surface area contributed by atoms with Gasteiger partial charge < -0.3 is 5.11 Å². The highest BCUT2D eigenvalue weighted by atomic mass is 79.9. The Bertz CT molecular complexity index is 465. The second-order valence-electron chi connectivity index (χ2n) is 5.41. The summed E-state index contributed by atoms with van der Waals surface area (Å²) in [5, 5.41) is 9.60. The molecule has 1 saturated carbocycles. The van der Waals surface area contributed by atoms with Crippen LogP contribution in [0.2, 0.25) is 0 Å². The Hall–Kier alpha value is -0.900. The summed E-state index contributed by atoms with van der Waals surface area (Å²) in [5.74, 6) is -1.10. The van der Waals surface area contributed by atoms with Crippen molar-refractivity contribution in [3.8, 4) is 0 Å². The van der Waals surface area contributed by atoms with Crippen molar-refractivity contribution in [2.75, 3.05) is 0 Å². The van der Waals surface area contributed by atoms with E-state index in [1.165, 1.54) is 6.07 Å². The van der Waals surface area contributed by atoms with E-state index >= 15 is 0 Å². The van der Waals surface area contributed by atoms with Crippen LogP contribution in [0, 0.1) is 11.2 Å². The Morgan fingerprint density at radius 2 is 1.89 bits per heavy atom. The van der Waals surface area contributed by atoms with Crippen molar-refractivity contribution in [2.24, 2.45) is 5.41 Å². The van der Waals surface area contributed by atoms with E-state index in [-0.39, 0.29) is 12.2 Å². The fourth-order valence-corrected chi connectivity index (χ4v) is 3.32. The Morgan fingerprint density at radius 1 is 1.26 bits per heavy atom. The molecule has 2 rings (SSSR count). The smallest absolute Gasteiger partial charge is 0.309 e. The fourth-order valence-electron chi connectivity index (χ4n) is 2.91. The van der Waals surface area contributed by atoms with Crippen LogP contribution in [0.5, 0.6) is 0 Å². The Morgan fingerprint density at radius 3 is 2.47 bits per heavy atom. The molecule has 0 aliphatic heterocycles. The van der Waals surface area contributed by atoms with E-state index < -0.39 is 11.4 Å². The predicted octanol–water partition coefficient (Wildman–Crippen LogP) is 4.56. The van der Waals surface area contributed by atoms with Crippen molar-refractivity contribution in [3.63, 3.8) is 0 Å². The van der Waals surface area contributed by atoms with Crippen LogP contribution < -0.4 is 0 Å². The van der Waals surface area contributed by atoms with Gasteiger partial charge >= 0.3 is 5.97 Å². The Labute approximate surface area is 121 Å². The standard InChI is InChI=1S/C15H18BrFO2/c16-12-5-6-13(17)11(9-12)10-15(14(18)19)7-3-1-2-4-8-15/h5-6,9H,1-4,7-8,10H2,(H,18,19). The molecule has 0 bridgehead atoms. The summed E-state index contributed by atoms with van der Waals surface area (Å²) in [6.45, 7) is 0. The second-order valence-corrected chi connectivity index (χ2v) is 6.33. The normalized spacial score (nSPS) is 18.8.